The van der Waals surface area contributed by atoms with Crippen LogP contribution in [0.5, 0.6) is 0 Å². The molecule has 0 atom stereocenters. The number of benzene rings is 1. The first-order valence-electron chi connectivity index (χ1n) is 5.93. The maximum atomic E-state index is 8.87. The summed E-state index contributed by atoms with van der Waals surface area (Å²) < 4.78 is 0. The van der Waals surface area contributed by atoms with E-state index < -0.39 is 0 Å². The Bertz CT molecular complexity index is 350. The van der Waals surface area contributed by atoms with Crippen LogP contribution in [0.15, 0.2) is 42.0 Å². The van der Waals surface area contributed by atoms with Crippen LogP contribution in [0.4, 0.5) is 0 Å². The third kappa shape index (κ3) is 3.74. The van der Waals surface area contributed by atoms with E-state index in [2.05, 4.69) is 41.3 Å². The summed E-state index contributed by atoms with van der Waals surface area (Å²) in [6.07, 6.45) is 4.22. The fraction of sp³-hybridized carbons (Fsp3) is 0.429. The molecule has 0 amide bonds. The summed E-state index contributed by atoms with van der Waals surface area (Å²) in [5, 5.41) is 8.87. The second kappa shape index (κ2) is 6.46. The molecule has 1 aliphatic rings. The van der Waals surface area contributed by atoms with Crippen molar-refractivity contribution in [2.45, 2.75) is 19.4 Å². The molecular weight excluding hydrogens is 450 g/mol. The monoisotopic (exact) mass is 469 g/mol. The number of hydrogen-bond donors (Lipinski definition) is 1. The third-order valence-electron chi connectivity index (χ3n) is 3.07. The predicted octanol–water partition coefficient (Wildman–Crippen LogP) is 2.20. The summed E-state index contributed by atoms with van der Waals surface area (Å²) in [6.45, 7) is 3.44. The van der Waals surface area contributed by atoms with E-state index in [-0.39, 0.29) is 6.61 Å². The molecule has 1 aromatic rings. The van der Waals surface area contributed by atoms with E-state index in [0.717, 1.165) is 32.5 Å². The fourth-order valence-electron chi connectivity index (χ4n) is 2.11. The normalized spacial score (nSPS) is 16.2. The summed E-state index contributed by atoms with van der Waals surface area (Å²) in [6, 6.07) is 10.6. The molecule has 3 heteroatoms. The van der Waals surface area contributed by atoms with E-state index in [9.17, 15) is 0 Å². The van der Waals surface area contributed by atoms with E-state index in [4.69, 9.17) is 5.11 Å². The largest absolute Gasteiger partial charge is 0.396 e. The van der Waals surface area contributed by atoms with Crippen LogP contribution in [0.3, 0.4) is 0 Å². The molecule has 0 unspecified atom stereocenters. The zero-order chi connectivity index (χ0) is 11.2. The van der Waals surface area contributed by atoms with E-state index >= 15 is 0 Å². The first kappa shape index (κ1) is 12.9. The molecule has 1 heterocycles. The van der Waals surface area contributed by atoms with Gasteiger partial charge < -0.3 is 5.11 Å². The molecule has 0 aromatic heterocycles. The predicted molar refractivity (Wildman–Crippen MR) is 66.1 cm³/mol. The van der Waals surface area contributed by atoms with Gasteiger partial charge in [-0.25, -0.2) is 0 Å². The van der Waals surface area contributed by atoms with Gasteiger partial charge in [-0.2, -0.15) is 0 Å². The second-order valence-corrected chi connectivity index (χ2v) is 4.31. The van der Waals surface area contributed by atoms with Crippen LogP contribution >= 0.6 is 0 Å². The van der Waals surface area contributed by atoms with Crippen LogP contribution in [0.2, 0.25) is 0 Å². The van der Waals surface area contributed by atoms with Crippen molar-refractivity contribution >= 4 is 0 Å². The number of hydrogen-bond acceptors (Lipinski definition) is 2. The van der Waals surface area contributed by atoms with Crippen molar-refractivity contribution in [2.75, 3.05) is 19.7 Å². The van der Waals surface area contributed by atoms with E-state index in [1.807, 2.05) is 0 Å². The van der Waals surface area contributed by atoms with E-state index in [1.54, 1.807) is 0 Å². The van der Waals surface area contributed by atoms with Crippen molar-refractivity contribution in [2.24, 2.45) is 0 Å². The molecule has 0 spiro atoms. The Morgan fingerprint density at radius 2 is 1.94 bits per heavy atom. The van der Waals surface area contributed by atoms with Gasteiger partial charge in [0.2, 0.25) is 0 Å². The third-order valence-corrected chi connectivity index (χ3v) is 3.07. The van der Waals surface area contributed by atoms with Gasteiger partial charge in [0.1, 0.15) is 0 Å². The topological polar surface area (TPSA) is 23.5 Å². The zero-order valence-corrected chi connectivity index (χ0v) is 12.4. The summed E-state index contributed by atoms with van der Waals surface area (Å²) >= 11 is 0. The molecule has 2 nitrogen and oxygen atoms in total. The van der Waals surface area contributed by atoms with E-state index in [1.165, 1.54) is 11.1 Å². The van der Waals surface area contributed by atoms with Gasteiger partial charge in [0, 0.05) is 26.2 Å². The molecule has 0 fully saturated rings. The summed E-state index contributed by atoms with van der Waals surface area (Å²) in [7, 11) is 0. The molecule has 1 N–H and O–H groups in total. The molecule has 1 aliphatic heterocycles. The molecule has 17 heavy (non-hydrogen) atoms. The van der Waals surface area contributed by atoms with Gasteiger partial charge >= 0.3 is 0 Å². The van der Waals surface area contributed by atoms with Crippen molar-refractivity contribution in [1.29, 1.82) is 0 Å². The van der Waals surface area contributed by atoms with Crippen molar-refractivity contribution < 1.29 is 5.11 Å². The average Bonchev–Trinajstić information content (AvgIpc) is 2.33. The van der Waals surface area contributed by atoms with Crippen LogP contribution in [0, 0.1) is 0 Å². The van der Waals surface area contributed by atoms with Crippen molar-refractivity contribution in [3.63, 3.8) is 0 Å². The van der Waals surface area contributed by atoms with Gasteiger partial charge in [-0.15, -0.1) is 0 Å². The van der Waals surface area contributed by atoms with Gasteiger partial charge in [-0.05, 0) is 18.4 Å². The van der Waals surface area contributed by atoms with Crippen molar-refractivity contribution in [3.05, 3.63) is 47.5 Å². The average molecular weight is 469 g/mol. The van der Waals surface area contributed by atoms with Crippen LogP contribution in [-0.2, 0) is 6.54 Å². The minimum atomic E-state index is 0. The van der Waals surface area contributed by atoms with Gasteiger partial charge in [0.15, 0.2) is 0 Å². The Hall–Kier alpha value is -2.12. The quantitative estimate of drug-likeness (QED) is 0.684. The minimum Gasteiger partial charge on any atom is -0.396 e. The zero-order valence-electron chi connectivity index (χ0n) is 9.90. The molecule has 0 saturated heterocycles. The molecule has 0 bridgehead atoms. The number of nitrogens with zero attached hydrogens (tertiary/aromatic N) is 1. The summed E-state index contributed by atoms with van der Waals surface area (Å²) in [4.78, 5) is 2.44. The molecule has 2 rings (SSSR count). The Labute approximate surface area is 97.2 Å². The maximum Gasteiger partial charge on any atom is 0.0468 e. The van der Waals surface area contributed by atoms with Gasteiger partial charge in [-0.1, -0.05) is 42.0 Å². The molecule has 97 valence electrons. The first-order valence-corrected chi connectivity index (χ1v) is 5.93. The fourth-order valence-corrected chi connectivity index (χ4v) is 2.11. The molecule has 1 aromatic carbocycles. The van der Waals surface area contributed by atoms with Crippen LogP contribution in [0.1, 0.15) is 18.4 Å². The van der Waals surface area contributed by atoms with Gasteiger partial charge in [0.05, 0.1) is 0 Å². The second-order valence-electron chi connectivity index (χ2n) is 4.31. The molecular formula is C14H19EsNO. The number of rotatable bonds is 4. The smallest absolute Gasteiger partial charge is 0.0468 e. The minimum absolute atomic E-state index is 0. The molecule has 0 saturated carbocycles. The Kier molecular flexibility index (Phi) is 4.92. The van der Waals surface area contributed by atoms with Crippen molar-refractivity contribution in [1.82, 2.24) is 4.90 Å². The Morgan fingerprint density at radius 3 is 2.53 bits per heavy atom. The SMILES string of the molecule is OCCC1=CCN(Cc2ccccc2)CC1.[Es]. The van der Waals surface area contributed by atoms with Gasteiger partial charge in [0.25, 0.3) is 0 Å². The molecule has 1 radical (unpaired) electrons. The first-order chi connectivity index (χ1) is 7.88. The number of aliphatic hydroxyl groups excluding tert-OH is 1. The van der Waals surface area contributed by atoms with E-state index in [0.29, 0.717) is 0 Å². The summed E-state index contributed by atoms with van der Waals surface area (Å²) in [5.74, 6) is 0. The molecule has 0 aliphatic carbocycles. The summed E-state index contributed by atoms with van der Waals surface area (Å²) in [5.41, 5.74) is 2.79. The van der Waals surface area contributed by atoms with Gasteiger partial charge in [-0.3, -0.25) is 4.90 Å². The number of aliphatic hydroxyl groups is 1. The Morgan fingerprint density at radius 1 is 1.18 bits per heavy atom. The Balaban J connectivity index is 0.00000144. The van der Waals surface area contributed by atoms with Crippen LogP contribution in [0.25, 0.3) is 0 Å². The van der Waals surface area contributed by atoms with Crippen molar-refractivity contribution in [3.8, 4) is 0 Å². The standard InChI is InChI=1S/C14H19NO.Es/c16-11-8-13-6-9-15(10-7-13)12-14-4-2-1-3-5-14;/h1-6,16H,7-12H2;. The van der Waals surface area contributed by atoms with Crippen LogP contribution < -0.4 is 0 Å². The van der Waals surface area contributed by atoms with Crippen LogP contribution in [-0.4, -0.2) is 29.7 Å². The maximum absolute atomic E-state index is 8.87.